The Morgan fingerprint density at radius 2 is 1.68 bits per heavy atom. The molecule has 2 atom stereocenters. The Bertz CT molecular complexity index is 551. The van der Waals surface area contributed by atoms with Gasteiger partial charge in [-0.25, -0.2) is 5.43 Å². The SMILES string of the molecule is O=Cc1ccc(C2CNNC2c2ccccc2)cc1. The molecular weight excluding hydrogens is 236 g/mol. The Kier molecular flexibility index (Phi) is 3.40. The van der Waals surface area contributed by atoms with Gasteiger partial charge in [-0.3, -0.25) is 10.2 Å². The highest BCUT2D eigenvalue weighted by molar-refractivity contribution is 5.74. The van der Waals surface area contributed by atoms with Crippen LogP contribution in [0.1, 0.15) is 33.4 Å². The number of hydrogen-bond acceptors (Lipinski definition) is 3. The fourth-order valence-corrected chi connectivity index (χ4v) is 2.61. The first-order valence-corrected chi connectivity index (χ1v) is 6.47. The van der Waals surface area contributed by atoms with Crippen LogP contribution in [0.25, 0.3) is 0 Å². The Balaban J connectivity index is 1.88. The molecule has 0 spiro atoms. The summed E-state index contributed by atoms with van der Waals surface area (Å²) in [4.78, 5) is 10.7. The molecule has 96 valence electrons. The van der Waals surface area contributed by atoms with Gasteiger partial charge in [0.2, 0.25) is 0 Å². The average molecular weight is 252 g/mol. The minimum absolute atomic E-state index is 0.267. The molecule has 1 saturated heterocycles. The lowest BCUT2D eigenvalue weighted by molar-refractivity contribution is 0.112. The van der Waals surface area contributed by atoms with Crippen molar-refractivity contribution in [1.82, 2.24) is 10.9 Å². The van der Waals surface area contributed by atoms with Crippen LogP contribution in [-0.4, -0.2) is 12.8 Å². The van der Waals surface area contributed by atoms with Crippen LogP contribution in [-0.2, 0) is 0 Å². The molecule has 0 radical (unpaired) electrons. The zero-order chi connectivity index (χ0) is 13.1. The van der Waals surface area contributed by atoms with Crippen LogP contribution in [0.2, 0.25) is 0 Å². The molecule has 0 saturated carbocycles. The maximum atomic E-state index is 10.7. The largest absolute Gasteiger partial charge is 0.298 e. The van der Waals surface area contributed by atoms with Crippen LogP contribution in [0.4, 0.5) is 0 Å². The predicted octanol–water partition coefficient (Wildman–Crippen LogP) is 2.43. The number of nitrogens with one attached hydrogen (secondary N) is 2. The highest BCUT2D eigenvalue weighted by atomic mass is 16.1. The molecule has 3 rings (SSSR count). The van der Waals surface area contributed by atoms with E-state index in [0.29, 0.717) is 5.92 Å². The second-order valence-electron chi connectivity index (χ2n) is 4.80. The summed E-state index contributed by atoms with van der Waals surface area (Å²) in [6, 6.07) is 18.5. The molecule has 2 unspecified atom stereocenters. The summed E-state index contributed by atoms with van der Waals surface area (Å²) < 4.78 is 0. The molecule has 0 bridgehead atoms. The molecule has 2 N–H and O–H groups in total. The van der Waals surface area contributed by atoms with E-state index in [1.54, 1.807) is 0 Å². The Labute approximate surface area is 112 Å². The molecule has 3 nitrogen and oxygen atoms in total. The molecular formula is C16H16N2O. The van der Waals surface area contributed by atoms with Gasteiger partial charge < -0.3 is 0 Å². The number of benzene rings is 2. The van der Waals surface area contributed by atoms with Crippen molar-refractivity contribution >= 4 is 6.29 Å². The van der Waals surface area contributed by atoms with Gasteiger partial charge in [0.15, 0.2) is 0 Å². The number of hydrazine groups is 1. The number of rotatable bonds is 3. The fraction of sp³-hybridized carbons (Fsp3) is 0.188. The molecule has 2 aromatic rings. The van der Waals surface area contributed by atoms with Gasteiger partial charge >= 0.3 is 0 Å². The van der Waals surface area contributed by atoms with E-state index in [9.17, 15) is 4.79 Å². The molecule has 1 heterocycles. The zero-order valence-corrected chi connectivity index (χ0v) is 10.5. The third-order valence-corrected chi connectivity index (χ3v) is 3.64. The first-order valence-electron chi connectivity index (χ1n) is 6.47. The molecule has 19 heavy (non-hydrogen) atoms. The Hall–Kier alpha value is -1.97. The highest BCUT2D eigenvalue weighted by Gasteiger charge is 2.29. The molecule has 2 aromatic carbocycles. The fourth-order valence-electron chi connectivity index (χ4n) is 2.61. The third-order valence-electron chi connectivity index (χ3n) is 3.64. The van der Waals surface area contributed by atoms with Gasteiger partial charge in [-0.05, 0) is 11.1 Å². The van der Waals surface area contributed by atoms with Gasteiger partial charge in [0.25, 0.3) is 0 Å². The van der Waals surface area contributed by atoms with Gasteiger partial charge in [-0.2, -0.15) is 0 Å². The van der Waals surface area contributed by atoms with Crippen molar-refractivity contribution in [3.8, 4) is 0 Å². The first kappa shape index (κ1) is 12.1. The summed E-state index contributed by atoms with van der Waals surface area (Å²) in [7, 11) is 0. The standard InChI is InChI=1S/C16H16N2O/c19-11-12-6-8-13(9-7-12)15-10-17-18-16(15)14-4-2-1-3-5-14/h1-9,11,15-18H,10H2. The van der Waals surface area contributed by atoms with E-state index in [1.165, 1.54) is 11.1 Å². The predicted molar refractivity (Wildman–Crippen MR) is 74.9 cm³/mol. The summed E-state index contributed by atoms with van der Waals surface area (Å²) in [5.41, 5.74) is 9.80. The van der Waals surface area contributed by atoms with E-state index < -0.39 is 0 Å². The normalized spacial score (nSPS) is 22.3. The summed E-state index contributed by atoms with van der Waals surface area (Å²) in [6.45, 7) is 0.889. The second kappa shape index (κ2) is 5.34. The van der Waals surface area contributed by atoms with Crippen LogP contribution >= 0.6 is 0 Å². The van der Waals surface area contributed by atoms with E-state index in [1.807, 2.05) is 30.3 Å². The Morgan fingerprint density at radius 1 is 0.947 bits per heavy atom. The van der Waals surface area contributed by atoms with Crippen molar-refractivity contribution in [2.75, 3.05) is 6.54 Å². The van der Waals surface area contributed by atoms with Gasteiger partial charge in [-0.1, -0.05) is 54.6 Å². The van der Waals surface area contributed by atoms with E-state index in [4.69, 9.17) is 0 Å². The van der Waals surface area contributed by atoms with Gasteiger partial charge in [0.1, 0.15) is 6.29 Å². The lowest BCUT2D eigenvalue weighted by atomic mass is 9.88. The van der Waals surface area contributed by atoms with Crippen LogP contribution in [0.15, 0.2) is 54.6 Å². The number of carbonyl (C=O) groups excluding carboxylic acids is 1. The Morgan fingerprint density at radius 3 is 2.37 bits per heavy atom. The van der Waals surface area contributed by atoms with Crippen LogP contribution in [0, 0.1) is 0 Å². The van der Waals surface area contributed by atoms with Crippen molar-refractivity contribution in [2.24, 2.45) is 0 Å². The quantitative estimate of drug-likeness (QED) is 0.824. The summed E-state index contributed by atoms with van der Waals surface area (Å²) >= 11 is 0. The van der Waals surface area contributed by atoms with Crippen LogP contribution in [0.5, 0.6) is 0 Å². The minimum Gasteiger partial charge on any atom is -0.298 e. The summed E-state index contributed by atoms with van der Waals surface area (Å²) in [5, 5.41) is 0. The molecule has 1 fully saturated rings. The van der Waals surface area contributed by atoms with Crippen molar-refractivity contribution in [1.29, 1.82) is 0 Å². The smallest absolute Gasteiger partial charge is 0.150 e. The molecule has 0 aromatic heterocycles. The lowest BCUT2D eigenvalue weighted by Gasteiger charge is -2.19. The van der Waals surface area contributed by atoms with E-state index in [-0.39, 0.29) is 6.04 Å². The molecule has 1 aliphatic heterocycles. The van der Waals surface area contributed by atoms with Crippen molar-refractivity contribution < 1.29 is 4.79 Å². The van der Waals surface area contributed by atoms with Crippen molar-refractivity contribution in [2.45, 2.75) is 12.0 Å². The van der Waals surface area contributed by atoms with Gasteiger partial charge in [0.05, 0.1) is 6.04 Å². The second-order valence-corrected chi connectivity index (χ2v) is 4.80. The van der Waals surface area contributed by atoms with E-state index >= 15 is 0 Å². The maximum absolute atomic E-state index is 10.7. The number of carbonyl (C=O) groups is 1. The van der Waals surface area contributed by atoms with E-state index in [0.717, 1.165) is 18.4 Å². The number of aldehydes is 1. The van der Waals surface area contributed by atoms with Gasteiger partial charge in [-0.15, -0.1) is 0 Å². The lowest BCUT2D eigenvalue weighted by Crippen LogP contribution is -2.24. The monoisotopic (exact) mass is 252 g/mol. The van der Waals surface area contributed by atoms with Crippen LogP contribution in [0.3, 0.4) is 0 Å². The van der Waals surface area contributed by atoms with Crippen molar-refractivity contribution in [3.05, 3.63) is 71.3 Å². The maximum Gasteiger partial charge on any atom is 0.150 e. The molecule has 3 heteroatoms. The topological polar surface area (TPSA) is 41.1 Å². The zero-order valence-electron chi connectivity index (χ0n) is 10.5. The first-order chi connectivity index (χ1) is 9.38. The van der Waals surface area contributed by atoms with Gasteiger partial charge in [0, 0.05) is 18.0 Å². The van der Waals surface area contributed by atoms with E-state index in [2.05, 4.69) is 35.1 Å². The molecule has 1 aliphatic rings. The molecule has 0 aliphatic carbocycles. The average Bonchev–Trinajstić information content (AvgIpc) is 2.98. The summed E-state index contributed by atoms with van der Waals surface area (Å²) in [5.74, 6) is 0.378. The van der Waals surface area contributed by atoms with Crippen molar-refractivity contribution in [3.63, 3.8) is 0 Å². The third kappa shape index (κ3) is 2.43. The molecule has 0 amide bonds. The highest BCUT2D eigenvalue weighted by Crippen LogP contribution is 2.32. The summed E-state index contributed by atoms with van der Waals surface area (Å²) in [6.07, 6.45) is 0.879. The minimum atomic E-state index is 0.267. The van der Waals surface area contributed by atoms with Crippen LogP contribution < -0.4 is 10.9 Å². The number of hydrogen-bond donors (Lipinski definition) is 2.